The summed E-state index contributed by atoms with van der Waals surface area (Å²) in [5.41, 5.74) is 2.00. The Morgan fingerprint density at radius 2 is 0.971 bits per heavy atom. The van der Waals surface area contributed by atoms with E-state index in [0.29, 0.717) is 0 Å². The van der Waals surface area contributed by atoms with Gasteiger partial charge in [-0.05, 0) is 97.5 Å². The van der Waals surface area contributed by atoms with E-state index < -0.39 is 19.7 Å². The van der Waals surface area contributed by atoms with Crippen molar-refractivity contribution < 1.29 is 21.9 Å². The summed E-state index contributed by atoms with van der Waals surface area (Å²) in [7, 11) is -7.17. The molecule has 180 valence electrons. The summed E-state index contributed by atoms with van der Waals surface area (Å²) in [5.74, 6) is 0.0187. The number of aryl methyl sites for hydroxylation is 2. The van der Waals surface area contributed by atoms with Crippen molar-refractivity contribution >= 4 is 19.7 Å². The molecule has 0 spiro atoms. The molecule has 1 N–H and O–H groups in total. The van der Waals surface area contributed by atoms with Gasteiger partial charge in [-0.1, -0.05) is 42.5 Å². The Hall–Kier alpha value is -3.42. The van der Waals surface area contributed by atoms with Crippen LogP contribution in [0.5, 0.6) is 5.75 Å². The van der Waals surface area contributed by atoms with E-state index in [1.54, 1.807) is 60.7 Å². The predicted molar refractivity (Wildman–Crippen MR) is 135 cm³/mol. The van der Waals surface area contributed by atoms with Crippen LogP contribution in [0.15, 0.2) is 123 Å². The van der Waals surface area contributed by atoms with Crippen molar-refractivity contribution in [3.8, 4) is 5.75 Å². The van der Waals surface area contributed by atoms with Gasteiger partial charge in [-0.15, -0.1) is 0 Å². The molecule has 0 bridgehead atoms. The van der Waals surface area contributed by atoms with Gasteiger partial charge in [0.1, 0.15) is 5.75 Å². The van der Waals surface area contributed by atoms with Crippen molar-refractivity contribution in [2.45, 2.75) is 45.3 Å². The Labute approximate surface area is 206 Å². The Balaban J connectivity index is 1.34. The van der Waals surface area contributed by atoms with Crippen molar-refractivity contribution in [2.75, 3.05) is 0 Å². The van der Waals surface area contributed by atoms with E-state index in [1.165, 1.54) is 24.3 Å². The molecule has 0 amide bonds. The zero-order chi connectivity index (χ0) is 24.9. The first kappa shape index (κ1) is 24.7. The zero-order valence-corrected chi connectivity index (χ0v) is 20.7. The maximum atomic E-state index is 12.9. The number of sulfone groups is 2. The molecule has 35 heavy (non-hydrogen) atoms. The summed E-state index contributed by atoms with van der Waals surface area (Å²) in [6.07, 6.45) is 3.29. The van der Waals surface area contributed by atoms with Crippen LogP contribution in [-0.4, -0.2) is 21.9 Å². The van der Waals surface area contributed by atoms with Gasteiger partial charge in [-0.25, -0.2) is 16.8 Å². The van der Waals surface area contributed by atoms with E-state index in [2.05, 4.69) is 0 Å². The van der Waals surface area contributed by atoms with Gasteiger partial charge in [0.05, 0.1) is 19.6 Å². The van der Waals surface area contributed by atoms with Crippen molar-refractivity contribution in [3.63, 3.8) is 0 Å². The monoisotopic (exact) mass is 506 g/mol. The van der Waals surface area contributed by atoms with E-state index in [9.17, 15) is 21.9 Å². The first-order valence-electron chi connectivity index (χ1n) is 11.3. The van der Waals surface area contributed by atoms with Crippen LogP contribution in [0.1, 0.15) is 24.0 Å². The summed E-state index contributed by atoms with van der Waals surface area (Å²) in [6.45, 7) is 0. The van der Waals surface area contributed by atoms with E-state index in [4.69, 9.17) is 0 Å². The van der Waals surface area contributed by atoms with E-state index >= 15 is 0 Å². The molecule has 4 rings (SSSR count). The molecule has 0 aromatic heterocycles. The fourth-order valence-corrected chi connectivity index (χ4v) is 6.47. The lowest BCUT2D eigenvalue weighted by Crippen LogP contribution is -2.02. The fourth-order valence-electron chi connectivity index (χ4n) is 3.86. The van der Waals surface area contributed by atoms with E-state index in [0.717, 1.165) is 36.8 Å². The van der Waals surface area contributed by atoms with Gasteiger partial charge in [-0.2, -0.15) is 0 Å². The second-order valence-electron chi connectivity index (χ2n) is 8.31. The largest absolute Gasteiger partial charge is 0.508 e. The van der Waals surface area contributed by atoms with Gasteiger partial charge >= 0.3 is 0 Å². The average Bonchev–Trinajstić information content (AvgIpc) is 2.88. The van der Waals surface area contributed by atoms with Crippen molar-refractivity contribution in [1.29, 1.82) is 0 Å². The highest BCUT2D eigenvalue weighted by atomic mass is 32.2. The summed E-state index contributed by atoms with van der Waals surface area (Å²) in [5, 5.41) is 9.41. The maximum Gasteiger partial charge on any atom is 0.206 e. The lowest BCUT2D eigenvalue weighted by molar-refractivity contribution is 0.475. The molecule has 0 heterocycles. The van der Waals surface area contributed by atoms with Gasteiger partial charge < -0.3 is 5.11 Å². The molecule has 0 aliphatic rings. The van der Waals surface area contributed by atoms with Gasteiger partial charge in [0, 0.05) is 0 Å². The van der Waals surface area contributed by atoms with Crippen LogP contribution in [-0.2, 0) is 32.5 Å². The molecule has 4 aromatic carbocycles. The molecule has 5 nitrogen and oxygen atoms in total. The molecule has 0 atom stereocenters. The number of unbranched alkanes of at least 4 members (excludes halogenated alkanes) is 1. The molecular formula is C28H26O5S2. The first-order chi connectivity index (χ1) is 16.8. The first-order valence-corrected chi connectivity index (χ1v) is 14.3. The topological polar surface area (TPSA) is 88.5 Å². The molecule has 7 heteroatoms. The second kappa shape index (κ2) is 10.5. The van der Waals surface area contributed by atoms with Crippen LogP contribution in [0.25, 0.3) is 0 Å². The van der Waals surface area contributed by atoms with Crippen molar-refractivity contribution in [1.82, 2.24) is 0 Å². The number of phenolic OH excluding ortho intramolecular Hbond substituents is 1. The lowest BCUT2D eigenvalue weighted by Gasteiger charge is -2.08. The highest BCUT2D eigenvalue weighted by Gasteiger charge is 2.18. The Morgan fingerprint density at radius 1 is 0.486 bits per heavy atom. The van der Waals surface area contributed by atoms with Crippen molar-refractivity contribution in [3.05, 3.63) is 114 Å². The maximum absolute atomic E-state index is 12.9. The fraction of sp³-hybridized carbons (Fsp3) is 0.143. The Kier molecular flexibility index (Phi) is 7.38. The molecule has 4 aromatic rings. The second-order valence-corrected chi connectivity index (χ2v) is 12.2. The van der Waals surface area contributed by atoms with Crippen LogP contribution in [0.2, 0.25) is 0 Å². The summed E-state index contributed by atoms with van der Waals surface area (Å²) < 4.78 is 51.2. The normalized spacial score (nSPS) is 11.9. The number of hydrogen-bond acceptors (Lipinski definition) is 5. The highest BCUT2D eigenvalue weighted by molar-refractivity contribution is 7.91. The van der Waals surface area contributed by atoms with E-state index in [-0.39, 0.29) is 25.3 Å². The third-order valence-corrected chi connectivity index (χ3v) is 9.38. The predicted octanol–water partition coefficient (Wildman–Crippen LogP) is 5.62. The van der Waals surface area contributed by atoms with Gasteiger partial charge in [-0.3, -0.25) is 0 Å². The third-order valence-electron chi connectivity index (χ3n) is 5.82. The minimum absolute atomic E-state index is 0.0187. The van der Waals surface area contributed by atoms with Crippen LogP contribution < -0.4 is 0 Å². The third kappa shape index (κ3) is 5.81. The number of aromatic hydroxyl groups is 1. The van der Waals surface area contributed by atoms with Gasteiger partial charge in [0.15, 0.2) is 0 Å². The van der Waals surface area contributed by atoms with E-state index in [1.807, 2.05) is 18.2 Å². The smallest absolute Gasteiger partial charge is 0.206 e. The van der Waals surface area contributed by atoms with Gasteiger partial charge in [0.25, 0.3) is 0 Å². The minimum Gasteiger partial charge on any atom is -0.508 e. The molecule has 0 saturated carbocycles. The summed E-state index contributed by atoms with van der Waals surface area (Å²) in [6, 6.07) is 27.8. The molecule has 0 aliphatic heterocycles. The molecule has 0 saturated heterocycles. The minimum atomic E-state index is -3.65. The standard InChI is InChI=1S/C28H26O5S2/c29-24-15-19-27(20-16-24)35(32,33)28-12-6-9-23(21-28)8-5-4-7-22-13-17-26(18-14-22)34(30,31)25-10-2-1-3-11-25/h1-3,6,9-21,29H,4-5,7-8H2. The Morgan fingerprint density at radius 3 is 1.60 bits per heavy atom. The number of benzene rings is 4. The summed E-state index contributed by atoms with van der Waals surface area (Å²) >= 11 is 0. The SMILES string of the molecule is O=S(=O)(c1ccccc1)c1ccc(CCCCc2cccc(S(=O)(=O)c3ccc(O)cc3)c2)cc1. The van der Waals surface area contributed by atoms with Crippen LogP contribution >= 0.6 is 0 Å². The van der Waals surface area contributed by atoms with Crippen molar-refractivity contribution in [2.24, 2.45) is 0 Å². The van der Waals surface area contributed by atoms with Crippen LogP contribution in [0.4, 0.5) is 0 Å². The summed E-state index contributed by atoms with van der Waals surface area (Å²) in [4.78, 5) is 0.933. The zero-order valence-electron chi connectivity index (χ0n) is 19.0. The molecule has 0 unspecified atom stereocenters. The number of phenols is 1. The number of rotatable bonds is 9. The Bertz CT molecular complexity index is 1490. The lowest BCUT2D eigenvalue weighted by atomic mass is 10.0. The molecule has 0 radical (unpaired) electrons. The molecule has 0 aliphatic carbocycles. The molecule has 0 fully saturated rings. The average molecular weight is 507 g/mol. The van der Waals surface area contributed by atoms with Gasteiger partial charge in [0.2, 0.25) is 19.7 Å². The van der Waals surface area contributed by atoms with Crippen LogP contribution in [0.3, 0.4) is 0 Å². The molecular weight excluding hydrogens is 480 g/mol. The highest BCUT2D eigenvalue weighted by Crippen LogP contribution is 2.24. The van der Waals surface area contributed by atoms with Crippen LogP contribution in [0, 0.1) is 0 Å². The number of hydrogen-bond donors (Lipinski definition) is 1. The quantitative estimate of drug-likeness (QED) is 0.298.